The number of hydrogen-bond donors (Lipinski definition) is 1. The maximum absolute atomic E-state index is 12.7. The molecule has 2 bridgehead atoms. The average molecular weight is 374 g/mol. The Kier molecular flexibility index (Phi) is 5.69. The number of carboxylic acid groups (broad SMARTS) is 1. The number of likely N-dealkylation sites (tertiary alicyclic amines) is 1. The Balaban J connectivity index is 0.000000659. The van der Waals surface area contributed by atoms with Crippen LogP contribution in [0.5, 0.6) is 0 Å². The average Bonchev–Trinajstić information content (AvgIpc) is 3.02. The summed E-state index contributed by atoms with van der Waals surface area (Å²) < 4.78 is 3.59. The zero-order chi connectivity index (χ0) is 19.6. The molecule has 0 unspecified atom stereocenters. The number of hydrogen-bond acceptors (Lipinski definition) is 6. The molecule has 146 valence electrons. The third kappa shape index (κ3) is 4.08. The van der Waals surface area contributed by atoms with Crippen LogP contribution < -0.4 is 5.56 Å². The van der Waals surface area contributed by atoms with Crippen molar-refractivity contribution in [2.24, 2.45) is 18.9 Å². The highest BCUT2D eigenvalue weighted by atomic mass is 16.3. The summed E-state index contributed by atoms with van der Waals surface area (Å²) in [5.74, 6) is 2.31. The zero-order valence-corrected chi connectivity index (χ0v) is 15.9. The van der Waals surface area contributed by atoms with E-state index in [1.165, 1.54) is 6.42 Å². The van der Waals surface area contributed by atoms with E-state index in [1.807, 2.05) is 4.57 Å². The van der Waals surface area contributed by atoms with Crippen molar-refractivity contribution in [3.8, 4) is 11.4 Å². The van der Waals surface area contributed by atoms with Crippen molar-refractivity contribution in [2.75, 3.05) is 19.6 Å². The van der Waals surface area contributed by atoms with Crippen LogP contribution in [0, 0.1) is 11.8 Å². The van der Waals surface area contributed by atoms with Crippen LogP contribution in [0.1, 0.15) is 31.9 Å². The smallest absolute Gasteiger partial charge is 0.290 e. The van der Waals surface area contributed by atoms with Crippen LogP contribution >= 0.6 is 0 Å². The molecule has 0 saturated carbocycles. The molecular weight excluding hydrogens is 348 g/mol. The minimum absolute atomic E-state index is 0.0671. The number of carbonyl (C=O) groups is 1. The molecule has 0 spiro atoms. The summed E-state index contributed by atoms with van der Waals surface area (Å²) >= 11 is 0. The molecule has 0 radical (unpaired) electrons. The van der Waals surface area contributed by atoms with Crippen LogP contribution in [0.15, 0.2) is 16.9 Å². The molecule has 9 nitrogen and oxygen atoms in total. The zero-order valence-electron chi connectivity index (χ0n) is 15.9. The summed E-state index contributed by atoms with van der Waals surface area (Å²) in [4.78, 5) is 23.6. The molecule has 2 aromatic rings. The van der Waals surface area contributed by atoms with Crippen molar-refractivity contribution in [3.63, 3.8) is 0 Å². The molecule has 2 aliphatic rings. The second-order valence-electron chi connectivity index (χ2n) is 7.76. The maximum Gasteiger partial charge on any atom is 0.290 e. The van der Waals surface area contributed by atoms with Gasteiger partial charge in [-0.25, -0.2) is 4.68 Å². The van der Waals surface area contributed by atoms with Crippen molar-refractivity contribution in [1.82, 2.24) is 29.7 Å². The van der Waals surface area contributed by atoms with Gasteiger partial charge < -0.3 is 14.6 Å². The van der Waals surface area contributed by atoms with E-state index in [0.717, 1.165) is 37.4 Å². The fourth-order valence-electron chi connectivity index (χ4n) is 4.33. The molecular formula is C18H26N6O3. The van der Waals surface area contributed by atoms with Gasteiger partial charge in [0, 0.05) is 56.5 Å². The molecule has 27 heavy (non-hydrogen) atoms. The van der Waals surface area contributed by atoms with E-state index in [1.54, 1.807) is 17.8 Å². The van der Waals surface area contributed by atoms with Gasteiger partial charge in [0.1, 0.15) is 0 Å². The van der Waals surface area contributed by atoms with E-state index in [0.29, 0.717) is 23.6 Å². The Labute approximate surface area is 157 Å². The van der Waals surface area contributed by atoms with Gasteiger partial charge in [0.25, 0.3) is 12.0 Å². The number of rotatable bonds is 3. The summed E-state index contributed by atoms with van der Waals surface area (Å²) in [6.07, 6.45) is 1.18. The van der Waals surface area contributed by atoms with E-state index < -0.39 is 0 Å². The van der Waals surface area contributed by atoms with Gasteiger partial charge in [0.05, 0.1) is 0 Å². The summed E-state index contributed by atoms with van der Waals surface area (Å²) in [7, 11) is 1.80. The molecule has 4 heterocycles. The lowest BCUT2D eigenvalue weighted by Gasteiger charge is -2.43. The van der Waals surface area contributed by atoms with Crippen LogP contribution in [0.25, 0.3) is 11.4 Å². The van der Waals surface area contributed by atoms with E-state index in [4.69, 9.17) is 9.90 Å². The summed E-state index contributed by atoms with van der Waals surface area (Å²) in [6, 6.07) is 3.79. The van der Waals surface area contributed by atoms with Gasteiger partial charge in [-0.2, -0.15) is 0 Å². The van der Waals surface area contributed by atoms with Crippen LogP contribution in [-0.4, -0.2) is 60.9 Å². The monoisotopic (exact) mass is 374 g/mol. The van der Waals surface area contributed by atoms with Crippen LogP contribution in [0.3, 0.4) is 0 Å². The van der Waals surface area contributed by atoms with Crippen LogP contribution in [-0.2, 0) is 18.4 Å². The molecule has 0 aliphatic carbocycles. The van der Waals surface area contributed by atoms with Crippen molar-refractivity contribution < 1.29 is 9.90 Å². The van der Waals surface area contributed by atoms with Crippen LogP contribution in [0.2, 0.25) is 0 Å². The topological polar surface area (TPSA) is 106 Å². The van der Waals surface area contributed by atoms with Gasteiger partial charge in [-0.3, -0.25) is 9.59 Å². The molecule has 0 aromatic carbocycles. The minimum atomic E-state index is -0.250. The number of piperidine rings is 1. The van der Waals surface area contributed by atoms with Crippen LogP contribution in [0.4, 0.5) is 0 Å². The number of pyridine rings is 1. The highest BCUT2D eigenvalue weighted by Crippen LogP contribution is 2.36. The van der Waals surface area contributed by atoms with Crippen molar-refractivity contribution >= 4 is 6.47 Å². The maximum atomic E-state index is 12.7. The molecule has 4 rings (SSSR count). The Morgan fingerprint density at radius 3 is 2.67 bits per heavy atom. The highest BCUT2D eigenvalue weighted by molar-refractivity contribution is 5.55. The number of aromatic nitrogens is 5. The van der Waals surface area contributed by atoms with E-state index in [2.05, 4.69) is 40.3 Å². The van der Waals surface area contributed by atoms with Gasteiger partial charge in [0.2, 0.25) is 0 Å². The summed E-state index contributed by atoms with van der Waals surface area (Å²) in [5.41, 5.74) is 2.03. The molecule has 1 N–H and O–H groups in total. The SMILES string of the molecule is CC(C)CN1C[C@@H]2C[C@H](C1)c1cc(-c3nnnn3C)cc(=O)n1C2.O=CO. The molecule has 2 aromatic heterocycles. The van der Waals surface area contributed by atoms with Gasteiger partial charge in [-0.15, -0.1) is 5.10 Å². The molecule has 1 fully saturated rings. The molecule has 1 saturated heterocycles. The van der Waals surface area contributed by atoms with E-state index >= 15 is 0 Å². The van der Waals surface area contributed by atoms with Crippen molar-refractivity contribution in [1.29, 1.82) is 0 Å². The standard InChI is InChI=1S/C17H24N6O.CH2O2/c1-11(2)7-22-8-12-4-14(10-22)15-5-13(6-16(24)23(15)9-12)17-18-19-20-21(17)3;2-1-3/h5-6,11-12,14H,4,7-10H2,1-3H3;1H,(H,2,3)/t12-,14+;/m0./s1. The Bertz CT molecular complexity index is 859. The number of nitrogens with zero attached hydrogens (tertiary/aromatic N) is 6. The Hall–Kier alpha value is -2.55. The van der Waals surface area contributed by atoms with E-state index in [-0.39, 0.29) is 12.0 Å². The Morgan fingerprint density at radius 2 is 2.04 bits per heavy atom. The first kappa shape index (κ1) is 19.2. The predicted molar refractivity (Wildman–Crippen MR) is 99.3 cm³/mol. The quantitative estimate of drug-likeness (QED) is 0.793. The lowest BCUT2D eigenvalue weighted by molar-refractivity contribution is -0.122. The first-order valence-corrected chi connectivity index (χ1v) is 9.20. The first-order chi connectivity index (χ1) is 12.9. The van der Waals surface area contributed by atoms with Crippen molar-refractivity contribution in [2.45, 2.75) is 32.7 Å². The van der Waals surface area contributed by atoms with Gasteiger partial charge in [-0.1, -0.05) is 13.8 Å². The third-order valence-electron chi connectivity index (χ3n) is 5.13. The third-order valence-corrected chi connectivity index (χ3v) is 5.13. The molecule has 0 amide bonds. The first-order valence-electron chi connectivity index (χ1n) is 9.20. The van der Waals surface area contributed by atoms with Crippen molar-refractivity contribution in [3.05, 3.63) is 28.2 Å². The predicted octanol–water partition coefficient (Wildman–Crippen LogP) is 0.815. The summed E-state index contributed by atoms with van der Waals surface area (Å²) in [6.45, 7) is 8.38. The minimum Gasteiger partial charge on any atom is -0.483 e. The largest absolute Gasteiger partial charge is 0.483 e. The van der Waals surface area contributed by atoms with Gasteiger partial charge >= 0.3 is 0 Å². The summed E-state index contributed by atoms with van der Waals surface area (Å²) in [5, 5.41) is 18.5. The number of aryl methyl sites for hydroxylation is 1. The second-order valence-corrected chi connectivity index (χ2v) is 7.76. The van der Waals surface area contributed by atoms with E-state index in [9.17, 15) is 4.79 Å². The number of fused-ring (bicyclic) bond motifs is 4. The molecule has 2 atom stereocenters. The second kappa shape index (κ2) is 7.99. The number of tetrazole rings is 1. The highest BCUT2D eigenvalue weighted by Gasteiger charge is 2.35. The normalized spacial score (nSPS) is 21.3. The lowest BCUT2D eigenvalue weighted by Crippen LogP contribution is -2.48. The lowest BCUT2D eigenvalue weighted by atomic mass is 9.82. The Morgan fingerprint density at radius 1 is 1.30 bits per heavy atom. The van der Waals surface area contributed by atoms with Gasteiger partial charge in [-0.05, 0) is 34.7 Å². The molecule has 9 heteroatoms. The fourth-order valence-corrected chi connectivity index (χ4v) is 4.33. The van der Waals surface area contributed by atoms with Gasteiger partial charge in [0.15, 0.2) is 5.82 Å². The fraction of sp³-hybridized carbons (Fsp3) is 0.611. The molecule has 2 aliphatic heterocycles.